The van der Waals surface area contributed by atoms with Gasteiger partial charge in [-0.3, -0.25) is 9.78 Å². The second kappa shape index (κ2) is 12.0. The summed E-state index contributed by atoms with van der Waals surface area (Å²) in [6, 6.07) is 16.1. The van der Waals surface area contributed by atoms with Gasteiger partial charge in [0.15, 0.2) is 0 Å². The van der Waals surface area contributed by atoms with Gasteiger partial charge in [0, 0.05) is 17.1 Å². The second-order valence-electron chi connectivity index (χ2n) is 9.66. The maximum atomic E-state index is 12.9. The predicted molar refractivity (Wildman–Crippen MR) is 142 cm³/mol. The number of halogens is 1. The van der Waals surface area contributed by atoms with Gasteiger partial charge >= 0.3 is 5.97 Å². The fourth-order valence-electron chi connectivity index (χ4n) is 5.32. The average molecular weight is 511 g/mol. The summed E-state index contributed by atoms with van der Waals surface area (Å²) < 4.78 is 10.6. The number of aromatic nitrogens is 1. The van der Waals surface area contributed by atoms with Gasteiger partial charge in [-0.25, -0.2) is 0 Å². The Hall–Kier alpha value is -2.67. The molecule has 1 aromatic heterocycles. The lowest BCUT2D eigenvalue weighted by molar-refractivity contribution is -0.157. The zero-order valence-electron chi connectivity index (χ0n) is 21.1. The van der Waals surface area contributed by atoms with Crippen LogP contribution in [0.1, 0.15) is 49.3 Å². The Morgan fingerprint density at radius 3 is 2.61 bits per heavy atom. The van der Waals surface area contributed by atoms with Crippen molar-refractivity contribution in [2.45, 2.75) is 44.6 Å². The van der Waals surface area contributed by atoms with Crippen molar-refractivity contribution in [2.24, 2.45) is 5.41 Å². The van der Waals surface area contributed by atoms with E-state index in [0.717, 1.165) is 56.2 Å². The highest BCUT2D eigenvalue weighted by atomic mass is 35.5. The van der Waals surface area contributed by atoms with Crippen LogP contribution in [0.3, 0.4) is 0 Å². The van der Waals surface area contributed by atoms with Gasteiger partial charge in [-0.05, 0) is 81.9 Å². The van der Waals surface area contributed by atoms with Crippen molar-refractivity contribution in [3.8, 4) is 5.75 Å². The van der Waals surface area contributed by atoms with E-state index in [-0.39, 0.29) is 5.97 Å². The molecule has 0 amide bonds. The van der Waals surface area contributed by atoms with E-state index < -0.39 is 11.5 Å². The van der Waals surface area contributed by atoms with Crippen LogP contribution in [0.15, 0.2) is 54.7 Å². The van der Waals surface area contributed by atoms with E-state index in [9.17, 15) is 9.90 Å². The molecule has 1 fully saturated rings. The lowest BCUT2D eigenvalue weighted by Crippen LogP contribution is -2.45. The molecule has 7 heteroatoms. The number of piperidine rings is 1. The summed E-state index contributed by atoms with van der Waals surface area (Å²) in [6.07, 6.45) is 5.25. The number of aryl methyl sites for hydroxylation is 1. The molecule has 3 aromatic rings. The van der Waals surface area contributed by atoms with Gasteiger partial charge < -0.3 is 19.5 Å². The van der Waals surface area contributed by atoms with Crippen molar-refractivity contribution in [3.63, 3.8) is 0 Å². The topological polar surface area (TPSA) is 71.9 Å². The number of likely N-dealkylation sites (tertiary alicyclic amines) is 1. The third-order valence-electron chi connectivity index (χ3n) is 7.51. The first-order valence-corrected chi connectivity index (χ1v) is 13.0. The standard InChI is InChI=1S/C29H35ClN2O4/c1-35-22-10-11-25-23(19-22)27(24(30)20-31-25)26(33)12-13-29(28(34)36-2)14-17-32(18-15-29)16-6-9-21-7-4-3-5-8-21/h3-5,7-8,10-11,19-20,26,33H,6,9,12-18H2,1-2H3/t26-/m0/s1. The minimum absolute atomic E-state index is 0.189. The fraction of sp³-hybridized carbons (Fsp3) is 0.448. The van der Waals surface area contributed by atoms with Crippen LogP contribution in [-0.2, 0) is 16.0 Å². The van der Waals surface area contributed by atoms with Crippen LogP contribution in [0.2, 0.25) is 5.02 Å². The summed E-state index contributed by atoms with van der Waals surface area (Å²) in [4.78, 5) is 19.7. The maximum Gasteiger partial charge on any atom is 0.311 e. The van der Waals surface area contributed by atoms with Crippen LogP contribution in [0.4, 0.5) is 0 Å². The van der Waals surface area contributed by atoms with Crippen LogP contribution in [0.25, 0.3) is 10.9 Å². The third kappa shape index (κ3) is 6.00. The number of carbonyl (C=O) groups excluding carboxylic acids is 1. The Morgan fingerprint density at radius 1 is 1.17 bits per heavy atom. The number of aliphatic hydroxyl groups is 1. The fourth-order valence-corrected chi connectivity index (χ4v) is 5.60. The number of hydrogen-bond acceptors (Lipinski definition) is 6. The first-order chi connectivity index (χ1) is 17.5. The van der Waals surface area contributed by atoms with Crippen LogP contribution < -0.4 is 4.74 Å². The predicted octanol–water partition coefficient (Wildman–Crippen LogP) is 5.60. The number of fused-ring (bicyclic) bond motifs is 1. The molecule has 6 nitrogen and oxygen atoms in total. The molecule has 0 radical (unpaired) electrons. The van der Waals surface area contributed by atoms with E-state index in [1.165, 1.54) is 12.7 Å². The van der Waals surface area contributed by atoms with Gasteiger partial charge in [-0.1, -0.05) is 41.9 Å². The molecule has 0 spiro atoms. The van der Waals surface area contributed by atoms with Crippen LogP contribution >= 0.6 is 11.6 Å². The molecule has 192 valence electrons. The molecular formula is C29H35ClN2O4. The molecule has 0 unspecified atom stereocenters. The smallest absolute Gasteiger partial charge is 0.311 e. The van der Waals surface area contributed by atoms with E-state index in [1.807, 2.05) is 24.3 Å². The molecule has 1 aliphatic rings. The number of benzene rings is 2. The number of rotatable bonds is 10. The highest BCUT2D eigenvalue weighted by Gasteiger charge is 2.42. The normalized spacial score (nSPS) is 16.6. The Kier molecular flexibility index (Phi) is 8.83. The summed E-state index contributed by atoms with van der Waals surface area (Å²) in [5.74, 6) is 0.483. The van der Waals surface area contributed by atoms with Gasteiger partial charge in [-0.15, -0.1) is 0 Å². The second-order valence-corrected chi connectivity index (χ2v) is 10.1. The van der Waals surface area contributed by atoms with Crippen molar-refractivity contribution in [1.82, 2.24) is 9.88 Å². The molecule has 4 rings (SSSR count). The number of ether oxygens (including phenoxy) is 2. The Bertz CT molecular complexity index is 1160. The first kappa shape index (κ1) is 26.4. The molecule has 36 heavy (non-hydrogen) atoms. The largest absolute Gasteiger partial charge is 0.497 e. The SMILES string of the molecule is COC(=O)C1(CC[C@H](O)c2c(Cl)cnc3ccc(OC)cc23)CCN(CCCc2ccccc2)CC1. The van der Waals surface area contributed by atoms with E-state index in [4.69, 9.17) is 21.1 Å². The average Bonchev–Trinajstić information content (AvgIpc) is 2.92. The molecule has 0 aliphatic carbocycles. The van der Waals surface area contributed by atoms with Gasteiger partial charge in [0.25, 0.3) is 0 Å². The lowest BCUT2D eigenvalue weighted by Gasteiger charge is -2.40. The molecule has 2 heterocycles. The highest BCUT2D eigenvalue weighted by molar-refractivity contribution is 6.32. The van der Waals surface area contributed by atoms with Gasteiger partial charge in [0.05, 0.1) is 36.3 Å². The zero-order chi connectivity index (χ0) is 25.5. The summed E-state index contributed by atoms with van der Waals surface area (Å²) in [5.41, 5.74) is 2.12. The van der Waals surface area contributed by atoms with E-state index in [1.54, 1.807) is 13.3 Å². The van der Waals surface area contributed by atoms with Gasteiger partial charge in [-0.2, -0.15) is 0 Å². The highest BCUT2D eigenvalue weighted by Crippen LogP contribution is 2.41. The lowest BCUT2D eigenvalue weighted by atomic mass is 9.74. The summed E-state index contributed by atoms with van der Waals surface area (Å²) >= 11 is 6.49. The summed E-state index contributed by atoms with van der Waals surface area (Å²) in [6.45, 7) is 2.70. The van der Waals surface area contributed by atoms with E-state index >= 15 is 0 Å². The number of methoxy groups -OCH3 is 2. The number of carbonyl (C=O) groups is 1. The van der Waals surface area contributed by atoms with Gasteiger partial charge in [0.2, 0.25) is 0 Å². The summed E-state index contributed by atoms with van der Waals surface area (Å²) in [5, 5.41) is 12.4. The van der Waals surface area contributed by atoms with Crippen molar-refractivity contribution < 1.29 is 19.4 Å². The van der Waals surface area contributed by atoms with Crippen molar-refractivity contribution >= 4 is 28.5 Å². The number of hydrogen-bond donors (Lipinski definition) is 1. The quantitative estimate of drug-likeness (QED) is 0.358. The van der Waals surface area contributed by atoms with Crippen LogP contribution in [0.5, 0.6) is 5.75 Å². The molecule has 1 saturated heterocycles. The molecule has 1 aliphatic heterocycles. The van der Waals surface area contributed by atoms with Crippen molar-refractivity contribution in [3.05, 3.63) is 70.9 Å². The first-order valence-electron chi connectivity index (χ1n) is 12.6. The molecule has 2 aromatic carbocycles. The van der Waals surface area contributed by atoms with E-state index in [0.29, 0.717) is 29.2 Å². The maximum absolute atomic E-state index is 12.9. The molecule has 0 bridgehead atoms. The molecule has 0 saturated carbocycles. The minimum Gasteiger partial charge on any atom is -0.497 e. The monoisotopic (exact) mass is 510 g/mol. The molecule has 1 atom stereocenters. The minimum atomic E-state index is -0.833. The Balaban J connectivity index is 1.40. The zero-order valence-corrected chi connectivity index (χ0v) is 21.8. The number of pyridine rings is 1. The Morgan fingerprint density at radius 2 is 1.92 bits per heavy atom. The van der Waals surface area contributed by atoms with E-state index in [2.05, 4.69) is 34.1 Å². The third-order valence-corrected chi connectivity index (χ3v) is 7.81. The van der Waals surface area contributed by atoms with Gasteiger partial charge in [0.1, 0.15) is 5.75 Å². The Labute approximate surface area is 218 Å². The number of aliphatic hydroxyl groups excluding tert-OH is 1. The number of nitrogens with zero attached hydrogens (tertiary/aromatic N) is 2. The summed E-state index contributed by atoms with van der Waals surface area (Å²) in [7, 11) is 3.05. The molecular weight excluding hydrogens is 476 g/mol. The number of esters is 1. The van der Waals surface area contributed by atoms with Crippen molar-refractivity contribution in [2.75, 3.05) is 33.9 Å². The van der Waals surface area contributed by atoms with Crippen LogP contribution in [0, 0.1) is 5.41 Å². The van der Waals surface area contributed by atoms with Crippen LogP contribution in [-0.4, -0.2) is 54.8 Å². The molecule has 1 N–H and O–H groups in total. The van der Waals surface area contributed by atoms with Crippen molar-refractivity contribution in [1.29, 1.82) is 0 Å².